The molecule has 1 saturated carbocycles. The van der Waals surface area contributed by atoms with Gasteiger partial charge in [0.15, 0.2) is 0 Å². The van der Waals surface area contributed by atoms with Crippen molar-refractivity contribution in [2.24, 2.45) is 5.92 Å². The van der Waals surface area contributed by atoms with Crippen LogP contribution in [0.4, 0.5) is 0 Å². The van der Waals surface area contributed by atoms with Gasteiger partial charge in [-0.3, -0.25) is 4.79 Å². The molecule has 1 amide bonds. The molecule has 0 aromatic rings. The van der Waals surface area contributed by atoms with Crippen LogP contribution >= 0.6 is 12.4 Å². The molecule has 1 atom stereocenters. The van der Waals surface area contributed by atoms with Gasteiger partial charge >= 0.3 is 0 Å². The molecule has 0 aromatic heterocycles. The van der Waals surface area contributed by atoms with Crippen molar-refractivity contribution < 1.29 is 4.79 Å². The number of likely N-dealkylation sites (N-methyl/N-ethyl adjacent to an activating group) is 1. The zero-order valence-corrected chi connectivity index (χ0v) is 10.9. The molecule has 2 rings (SSSR count). The maximum Gasteiger partial charge on any atom is 0.222 e. The number of carbonyl (C=O) groups excluding carboxylic acids is 1. The normalized spacial score (nSPS) is 25.8. The number of piperidine rings is 1. The fourth-order valence-electron chi connectivity index (χ4n) is 2.51. The SMILES string of the molecule is CNC1CCCN(C(=O)CC2CCC2)C1.Cl. The first-order valence-corrected chi connectivity index (χ1v) is 6.24. The topological polar surface area (TPSA) is 32.3 Å². The van der Waals surface area contributed by atoms with Gasteiger partial charge in [0.1, 0.15) is 0 Å². The molecule has 1 aliphatic carbocycles. The highest BCUT2D eigenvalue weighted by atomic mass is 35.5. The van der Waals surface area contributed by atoms with E-state index in [1.165, 1.54) is 25.7 Å². The predicted molar refractivity (Wildman–Crippen MR) is 67.9 cm³/mol. The van der Waals surface area contributed by atoms with Crippen molar-refractivity contribution >= 4 is 18.3 Å². The van der Waals surface area contributed by atoms with Crippen molar-refractivity contribution in [1.82, 2.24) is 10.2 Å². The number of rotatable bonds is 3. The largest absolute Gasteiger partial charge is 0.341 e. The van der Waals surface area contributed by atoms with Crippen LogP contribution in [0.25, 0.3) is 0 Å². The molecule has 1 aliphatic heterocycles. The molecule has 0 bridgehead atoms. The van der Waals surface area contributed by atoms with Gasteiger partial charge < -0.3 is 10.2 Å². The Morgan fingerprint density at radius 1 is 1.31 bits per heavy atom. The number of nitrogens with zero attached hydrogens (tertiary/aromatic N) is 1. The Balaban J connectivity index is 0.00000128. The molecule has 0 aromatic carbocycles. The molecule has 1 N–H and O–H groups in total. The van der Waals surface area contributed by atoms with E-state index in [9.17, 15) is 4.79 Å². The van der Waals surface area contributed by atoms with Crippen LogP contribution in [0.3, 0.4) is 0 Å². The number of hydrogen-bond acceptors (Lipinski definition) is 2. The monoisotopic (exact) mass is 246 g/mol. The first-order valence-electron chi connectivity index (χ1n) is 6.24. The quantitative estimate of drug-likeness (QED) is 0.824. The molecule has 1 unspecified atom stereocenters. The third-order valence-corrected chi connectivity index (χ3v) is 3.87. The number of likely N-dealkylation sites (tertiary alicyclic amines) is 1. The van der Waals surface area contributed by atoms with E-state index >= 15 is 0 Å². The second kappa shape index (κ2) is 6.45. The fourth-order valence-corrected chi connectivity index (χ4v) is 2.51. The highest BCUT2D eigenvalue weighted by molar-refractivity contribution is 5.85. The number of amides is 1. The Morgan fingerprint density at radius 2 is 2.06 bits per heavy atom. The summed E-state index contributed by atoms with van der Waals surface area (Å²) in [5.74, 6) is 1.09. The van der Waals surface area contributed by atoms with Crippen molar-refractivity contribution in [2.75, 3.05) is 20.1 Å². The molecule has 0 spiro atoms. The van der Waals surface area contributed by atoms with E-state index in [0.29, 0.717) is 17.9 Å². The van der Waals surface area contributed by atoms with Crippen molar-refractivity contribution in [1.29, 1.82) is 0 Å². The van der Waals surface area contributed by atoms with Gasteiger partial charge in [-0.15, -0.1) is 12.4 Å². The van der Waals surface area contributed by atoms with E-state index in [-0.39, 0.29) is 12.4 Å². The summed E-state index contributed by atoms with van der Waals surface area (Å²) in [5, 5.41) is 3.28. The van der Waals surface area contributed by atoms with Gasteiger partial charge in [-0.2, -0.15) is 0 Å². The molecule has 16 heavy (non-hydrogen) atoms. The maximum atomic E-state index is 12.0. The average Bonchev–Trinajstić information content (AvgIpc) is 2.23. The molecule has 2 aliphatic rings. The Bertz CT molecular complexity index is 231. The van der Waals surface area contributed by atoms with Crippen LogP contribution in [0.1, 0.15) is 38.5 Å². The third-order valence-electron chi connectivity index (χ3n) is 3.87. The summed E-state index contributed by atoms with van der Waals surface area (Å²) >= 11 is 0. The van der Waals surface area contributed by atoms with Crippen LogP contribution < -0.4 is 5.32 Å². The number of nitrogens with one attached hydrogen (secondary N) is 1. The Kier molecular flexibility index (Phi) is 5.56. The van der Waals surface area contributed by atoms with Crippen LogP contribution in [-0.4, -0.2) is 37.0 Å². The summed E-state index contributed by atoms with van der Waals surface area (Å²) in [5.41, 5.74) is 0. The summed E-state index contributed by atoms with van der Waals surface area (Å²) in [6, 6.07) is 0.518. The van der Waals surface area contributed by atoms with Gasteiger partial charge in [-0.05, 0) is 38.6 Å². The van der Waals surface area contributed by atoms with E-state index < -0.39 is 0 Å². The Morgan fingerprint density at radius 3 is 2.62 bits per heavy atom. The van der Waals surface area contributed by atoms with Gasteiger partial charge in [0, 0.05) is 25.6 Å². The molecular weight excluding hydrogens is 224 g/mol. The van der Waals surface area contributed by atoms with Crippen LogP contribution in [0.2, 0.25) is 0 Å². The van der Waals surface area contributed by atoms with Gasteiger partial charge in [0.05, 0.1) is 0 Å². The van der Waals surface area contributed by atoms with Gasteiger partial charge in [0.2, 0.25) is 5.91 Å². The van der Waals surface area contributed by atoms with Gasteiger partial charge in [-0.25, -0.2) is 0 Å². The smallest absolute Gasteiger partial charge is 0.222 e. The minimum atomic E-state index is 0. The second-order valence-electron chi connectivity index (χ2n) is 4.97. The predicted octanol–water partition coefficient (Wildman–Crippen LogP) is 1.81. The summed E-state index contributed by atoms with van der Waals surface area (Å²) in [6.45, 7) is 1.89. The van der Waals surface area contributed by atoms with Crippen molar-refractivity contribution in [3.05, 3.63) is 0 Å². The van der Waals surface area contributed by atoms with Crippen LogP contribution in [-0.2, 0) is 4.79 Å². The average molecular weight is 247 g/mol. The summed E-state index contributed by atoms with van der Waals surface area (Å²) in [6.07, 6.45) is 7.04. The lowest BCUT2D eigenvalue weighted by Gasteiger charge is -2.34. The molecule has 4 heteroatoms. The fraction of sp³-hybridized carbons (Fsp3) is 0.917. The minimum absolute atomic E-state index is 0. The van der Waals surface area contributed by atoms with Gasteiger partial charge in [0.25, 0.3) is 0 Å². The lowest BCUT2D eigenvalue weighted by molar-refractivity contribution is -0.134. The van der Waals surface area contributed by atoms with E-state index in [2.05, 4.69) is 10.2 Å². The summed E-state index contributed by atoms with van der Waals surface area (Å²) < 4.78 is 0. The maximum absolute atomic E-state index is 12.0. The van der Waals surface area contributed by atoms with Gasteiger partial charge in [-0.1, -0.05) is 6.42 Å². The highest BCUT2D eigenvalue weighted by Crippen LogP contribution is 2.30. The first-order chi connectivity index (χ1) is 7.29. The highest BCUT2D eigenvalue weighted by Gasteiger charge is 2.26. The second-order valence-corrected chi connectivity index (χ2v) is 4.97. The first kappa shape index (κ1) is 13.8. The zero-order valence-electron chi connectivity index (χ0n) is 10.1. The van der Waals surface area contributed by atoms with E-state index in [4.69, 9.17) is 0 Å². The zero-order chi connectivity index (χ0) is 10.7. The summed E-state index contributed by atoms with van der Waals surface area (Å²) in [7, 11) is 1.99. The molecular formula is C12H23ClN2O. The van der Waals surface area contributed by atoms with E-state index in [1.54, 1.807) is 0 Å². The van der Waals surface area contributed by atoms with E-state index in [1.807, 2.05) is 7.05 Å². The molecule has 0 radical (unpaired) electrons. The Labute approximate surface area is 104 Å². The number of carbonyl (C=O) groups is 1. The van der Waals surface area contributed by atoms with Crippen molar-refractivity contribution in [2.45, 2.75) is 44.6 Å². The van der Waals surface area contributed by atoms with Crippen LogP contribution in [0.15, 0.2) is 0 Å². The molecule has 1 heterocycles. The van der Waals surface area contributed by atoms with Crippen molar-refractivity contribution in [3.63, 3.8) is 0 Å². The molecule has 1 saturated heterocycles. The minimum Gasteiger partial charge on any atom is -0.341 e. The lowest BCUT2D eigenvalue weighted by atomic mass is 9.82. The summed E-state index contributed by atoms with van der Waals surface area (Å²) in [4.78, 5) is 14.0. The van der Waals surface area contributed by atoms with Crippen LogP contribution in [0, 0.1) is 5.92 Å². The number of halogens is 1. The molecule has 94 valence electrons. The third kappa shape index (κ3) is 3.36. The Hall–Kier alpha value is -0.280. The standard InChI is InChI=1S/C12H22N2O.ClH/c1-13-11-6-3-7-14(9-11)12(15)8-10-4-2-5-10;/h10-11,13H,2-9H2,1H3;1H. The lowest BCUT2D eigenvalue weighted by Crippen LogP contribution is -2.47. The molecule has 3 nitrogen and oxygen atoms in total. The van der Waals surface area contributed by atoms with Crippen LogP contribution in [0.5, 0.6) is 0 Å². The molecule has 2 fully saturated rings. The number of hydrogen-bond donors (Lipinski definition) is 1. The van der Waals surface area contributed by atoms with Crippen molar-refractivity contribution in [3.8, 4) is 0 Å². The van der Waals surface area contributed by atoms with E-state index in [0.717, 1.165) is 25.9 Å².